The molecule has 5 rings (SSSR count). The van der Waals surface area contributed by atoms with Crippen LogP contribution in [0.5, 0.6) is 11.5 Å². The fourth-order valence-corrected chi connectivity index (χ4v) is 4.51. The van der Waals surface area contributed by atoms with E-state index < -0.39 is 6.04 Å². The molecule has 1 aliphatic rings. The highest BCUT2D eigenvalue weighted by Gasteiger charge is 2.33. The van der Waals surface area contributed by atoms with Gasteiger partial charge in [-0.3, -0.25) is 9.59 Å². The predicted octanol–water partition coefficient (Wildman–Crippen LogP) is 5.47. The quantitative estimate of drug-likeness (QED) is 0.344. The van der Waals surface area contributed by atoms with E-state index in [4.69, 9.17) is 9.47 Å². The Morgan fingerprint density at radius 1 is 0.789 bits per heavy atom. The summed E-state index contributed by atoms with van der Waals surface area (Å²) < 4.78 is 11.4. The summed E-state index contributed by atoms with van der Waals surface area (Å²) in [5.74, 6) is 0.617. The largest absolute Gasteiger partial charge is 0.486 e. The summed E-state index contributed by atoms with van der Waals surface area (Å²) in [6.45, 7) is 3.50. The van der Waals surface area contributed by atoms with Crippen molar-refractivity contribution in [2.24, 2.45) is 0 Å². The van der Waals surface area contributed by atoms with Crippen LogP contribution in [-0.2, 0) is 17.9 Å². The highest BCUT2D eigenvalue weighted by Crippen LogP contribution is 2.33. The lowest BCUT2D eigenvalue weighted by atomic mass is 10.00. The van der Waals surface area contributed by atoms with Gasteiger partial charge in [0.25, 0.3) is 5.91 Å². The van der Waals surface area contributed by atoms with Crippen molar-refractivity contribution >= 4 is 11.8 Å². The third-order valence-electron chi connectivity index (χ3n) is 6.51. The summed E-state index contributed by atoms with van der Waals surface area (Å²) in [5.41, 5.74) is 4.15. The van der Waals surface area contributed by atoms with Crippen LogP contribution in [0.25, 0.3) is 0 Å². The predicted molar refractivity (Wildman–Crippen MR) is 146 cm³/mol. The van der Waals surface area contributed by atoms with Gasteiger partial charge in [0.05, 0.1) is 0 Å². The molecular formula is C32H30N2O4. The van der Waals surface area contributed by atoms with Gasteiger partial charge >= 0.3 is 0 Å². The summed E-state index contributed by atoms with van der Waals surface area (Å²) in [7, 11) is 0. The van der Waals surface area contributed by atoms with Crippen LogP contribution < -0.4 is 14.8 Å². The van der Waals surface area contributed by atoms with Crippen LogP contribution >= 0.6 is 0 Å². The van der Waals surface area contributed by atoms with Crippen LogP contribution in [0.1, 0.15) is 38.7 Å². The molecule has 4 aromatic carbocycles. The topological polar surface area (TPSA) is 67.9 Å². The molecule has 0 saturated heterocycles. The average Bonchev–Trinajstić information content (AvgIpc) is 2.97. The van der Waals surface area contributed by atoms with Gasteiger partial charge in [0.15, 0.2) is 11.5 Å². The Kier molecular flexibility index (Phi) is 7.69. The van der Waals surface area contributed by atoms with E-state index >= 15 is 0 Å². The first-order chi connectivity index (χ1) is 18.6. The minimum atomic E-state index is -0.847. The van der Waals surface area contributed by atoms with Gasteiger partial charge in [0, 0.05) is 18.7 Å². The third-order valence-corrected chi connectivity index (χ3v) is 6.51. The van der Waals surface area contributed by atoms with Crippen LogP contribution in [-0.4, -0.2) is 29.9 Å². The number of benzene rings is 4. The van der Waals surface area contributed by atoms with Gasteiger partial charge in [-0.15, -0.1) is 0 Å². The van der Waals surface area contributed by atoms with Crippen LogP contribution in [0.4, 0.5) is 0 Å². The Labute approximate surface area is 222 Å². The van der Waals surface area contributed by atoms with Gasteiger partial charge in [-0.2, -0.15) is 0 Å². The summed E-state index contributed by atoms with van der Waals surface area (Å²) >= 11 is 0. The average molecular weight is 507 g/mol. The number of nitrogens with one attached hydrogen (secondary N) is 1. The zero-order chi connectivity index (χ0) is 26.3. The number of nitrogens with zero attached hydrogens (tertiary/aromatic N) is 1. The van der Waals surface area contributed by atoms with Crippen LogP contribution in [0.2, 0.25) is 0 Å². The van der Waals surface area contributed by atoms with Crippen molar-refractivity contribution < 1.29 is 19.1 Å². The van der Waals surface area contributed by atoms with Crippen molar-refractivity contribution in [1.82, 2.24) is 10.2 Å². The third kappa shape index (κ3) is 5.86. The first kappa shape index (κ1) is 25.1. The van der Waals surface area contributed by atoms with Gasteiger partial charge in [-0.05, 0) is 41.8 Å². The lowest BCUT2D eigenvalue weighted by Crippen LogP contribution is -2.43. The monoisotopic (exact) mass is 506 g/mol. The first-order valence-electron chi connectivity index (χ1n) is 12.7. The minimum absolute atomic E-state index is 0.250. The number of ether oxygens (including phenoxy) is 2. The zero-order valence-electron chi connectivity index (χ0n) is 21.3. The number of amides is 2. The highest BCUT2D eigenvalue weighted by molar-refractivity contribution is 5.98. The number of hydrogen-bond acceptors (Lipinski definition) is 4. The van der Waals surface area contributed by atoms with Gasteiger partial charge in [0.2, 0.25) is 5.91 Å². The second-order valence-corrected chi connectivity index (χ2v) is 9.29. The molecule has 1 heterocycles. The van der Waals surface area contributed by atoms with E-state index in [-0.39, 0.29) is 18.4 Å². The van der Waals surface area contributed by atoms with Gasteiger partial charge in [-0.25, -0.2) is 0 Å². The smallest absolute Gasteiger partial charge is 0.255 e. The first-order valence-corrected chi connectivity index (χ1v) is 12.7. The number of rotatable bonds is 8. The molecule has 4 aromatic rings. The molecule has 1 N–H and O–H groups in total. The standard InChI is InChI=1S/C32H30N2O4/c1-23-12-14-26(15-13-23)30(31(35)33-21-24-8-4-2-5-9-24)34(22-25-10-6-3-7-11-25)32(36)27-16-17-28-29(20-27)38-19-18-37-28/h2-17,20,30H,18-19,21-22H2,1H3,(H,33,35)/t30-/m1/s1. The van der Waals surface area contributed by atoms with E-state index in [9.17, 15) is 9.59 Å². The van der Waals surface area contributed by atoms with Crippen molar-refractivity contribution in [3.05, 3.63) is 131 Å². The van der Waals surface area contributed by atoms with Crippen LogP contribution in [0, 0.1) is 6.92 Å². The second-order valence-electron chi connectivity index (χ2n) is 9.29. The fourth-order valence-electron chi connectivity index (χ4n) is 4.51. The van der Waals surface area contributed by atoms with Crippen molar-refractivity contribution in [3.8, 4) is 11.5 Å². The zero-order valence-corrected chi connectivity index (χ0v) is 21.3. The molecule has 0 fully saturated rings. The fraction of sp³-hybridized carbons (Fsp3) is 0.188. The van der Waals surface area contributed by atoms with E-state index in [0.29, 0.717) is 36.8 Å². The van der Waals surface area contributed by atoms with Gasteiger partial charge in [-0.1, -0.05) is 90.5 Å². The van der Waals surface area contributed by atoms with Crippen molar-refractivity contribution in [2.45, 2.75) is 26.1 Å². The summed E-state index contributed by atoms with van der Waals surface area (Å²) in [4.78, 5) is 29.6. The Hall–Kier alpha value is -4.58. The molecular weight excluding hydrogens is 476 g/mol. The van der Waals surface area contributed by atoms with E-state index in [1.807, 2.05) is 91.9 Å². The molecule has 192 valence electrons. The minimum Gasteiger partial charge on any atom is -0.486 e. The molecule has 2 amide bonds. The Morgan fingerprint density at radius 3 is 2.11 bits per heavy atom. The molecule has 1 atom stereocenters. The number of hydrogen-bond donors (Lipinski definition) is 1. The maximum atomic E-state index is 14.1. The molecule has 6 heteroatoms. The molecule has 0 saturated carbocycles. The van der Waals surface area contributed by atoms with Crippen LogP contribution in [0.15, 0.2) is 103 Å². The lowest BCUT2D eigenvalue weighted by molar-refractivity contribution is -0.126. The molecule has 1 aliphatic heterocycles. The SMILES string of the molecule is Cc1ccc([C@H](C(=O)NCc2ccccc2)N(Cc2ccccc2)C(=O)c2ccc3c(c2)OCCO3)cc1. The van der Waals surface area contributed by atoms with E-state index in [1.165, 1.54) is 0 Å². The maximum Gasteiger partial charge on any atom is 0.255 e. The highest BCUT2D eigenvalue weighted by atomic mass is 16.6. The summed E-state index contributed by atoms with van der Waals surface area (Å²) in [6, 6.07) is 31.5. The maximum absolute atomic E-state index is 14.1. The van der Waals surface area contributed by atoms with Gasteiger partial charge < -0.3 is 19.7 Å². The van der Waals surface area contributed by atoms with E-state index in [0.717, 1.165) is 22.3 Å². The molecule has 0 unspecified atom stereocenters. The number of fused-ring (bicyclic) bond motifs is 1. The number of carbonyl (C=O) groups is 2. The molecule has 0 radical (unpaired) electrons. The molecule has 38 heavy (non-hydrogen) atoms. The molecule has 0 spiro atoms. The Morgan fingerprint density at radius 2 is 1.42 bits per heavy atom. The molecule has 6 nitrogen and oxygen atoms in total. The summed E-state index contributed by atoms with van der Waals surface area (Å²) in [5, 5.41) is 3.06. The Balaban J connectivity index is 1.53. The molecule has 0 aromatic heterocycles. The second kappa shape index (κ2) is 11.6. The molecule has 0 bridgehead atoms. The van der Waals surface area contributed by atoms with E-state index in [1.54, 1.807) is 23.1 Å². The normalized spacial score (nSPS) is 12.9. The molecule has 0 aliphatic carbocycles. The van der Waals surface area contributed by atoms with E-state index in [2.05, 4.69) is 5.32 Å². The summed E-state index contributed by atoms with van der Waals surface area (Å²) in [6.07, 6.45) is 0. The Bertz CT molecular complexity index is 1390. The number of aryl methyl sites for hydroxylation is 1. The van der Waals surface area contributed by atoms with Crippen molar-refractivity contribution in [2.75, 3.05) is 13.2 Å². The van der Waals surface area contributed by atoms with Gasteiger partial charge in [0.1, 0.15) is 19.3 Å². The van der Waals surface area contributed by atoms with Crippen molar-refractivity contribution in [1.29, 1.82) is 0 Å². The number of carbonyl (C=O) groups excluding carboxylic acids is 2. The van der Waals surface area contributed by atoms with Crippen LogP contribution in [0.3, 0.4) is 0 Å². The lowest BCUT2D eigenvalue weighted by Gasteiger charge is -2.32. The van der Waals surface area contributed by atoms with Crippen molar-refractivity contribution in [3.63, 3.8) is 0 Å².